The Balaban J connectivity index is 2.07. The minimum atomic E-state index is -0.729. The van der Waals surface area contributed by atoms with Crippen LogP contribution in [-0.2, 0) is 9.53 Å². The summed E-state index contributed by atoms with van der Waals surface area (Å²) < 4.78 is 5.63. The third kappa shape index (κ3) is 3.22. The van der Waals surface area contributed by atoms with E-state index in [0.29, 0.717) is 5.76 Å². The summed E-state index contributed by atoms with van der Waals surface area (Å²) in [5.74, 6) is 0.676. The molecule has 0 radical (unpaired) electrons. The van der Waals surface area contributed by atoms with Gasteiger partial charge in [-0.15, -0.1) is 0 Å². The number of ether oxygens (including phenoxy) is 1. The Labute approximate surface area is 114 Å². The lowest BCUT2D eigenvalue weighted by Gasteiger charge is -2.18. The molecule has 1 heterocycles. The smallest absolute Gasteiger partial charge is 0.202 e. The second kappa shape index (κ2) is 5.27. The van der Waals surface area contributed by atoms with Crippen LogP contribution >= 0.6 is 0 Å². The lowest BCUT2D eigenvalue weighted by atomic mass is 10.1. The van der Waals surface area contributed by atoms with Gasteiger partial charge in [-0.05, 0) is 31.9 Å². The molecule has 0 saturated heterocycles. The Morgan fingerprint density at radius 1 is 1.21 bits per heavy atom. The first kappa shape index (κ1) is 13.3. The van der Waals surface area contributed by atoms with E-state index >= 15 is 0 Å². The van der Waals surface area contributed by atoms with E-state index in [4.69, 9.17) is 4.74 Å². The van der Waals surface area contributed by atoms with E-state index in [1.165, 1.54) is 0 Å². The van der Waals surface area contributed by atoms with Crippen LogP contribution in [0.5, 0.6) is 0 Å². The van der Waals surface area contributed by atoms with E-state index in [2.05, 4.69) is 0 Å². The van der Waals surface area contributed by atoms with Crippen molar-refractivity contribution in [3.8, 4) is 0 Å². The summed E-state index contributed by atoms with van der Waals surface area (Å²) in [4.78, 5) is 11.7. The highest BCUT2D eigenvalue weighted by atomic mass is 16.5. The molecule has 2 nitrogen and oxygen atoms in total. The van der Waals surface area contributed by atoms with Crippen LogP contribution in [0.2, 0.25) is 0 Å². The van der Waals surface area contributed by atoms with Crippen molar-refractivity contribution in [2.24, 2.45) is 0 Å². The molecule has 1 aromatic carbocycles. The molecule has 0 aliphatic carbocycles. The number of allylic oxidation sites excluding steroid dienone is 3. The highest BCUT2D eigenvalue weighted by Gasteiger charge is 2.35. The first-order valence-electron chi connectivity index (χ1n) is 6.34. The molecular weight excluding hydrogens is 236 g/mol. The summed E-state index contributed by atoms with van der Waals surface area (Å²) in [5.41, 5.74) is 1.36. The summed E-state index contributed by atoms with van der Waals surface area (Å²) in [6.45, 7) is 5.51. The van der Waals surface area contributed by atoms with E-state index in [0.717, 1.165) is 11.1 Å². The molecule has 0 saturated carbocycles. The van der Waals surface area contributed by atoms with Gasteiger partial charge in [0.25, 0.3) is 0 Å². The Hall–Kier alpha value is -2.09. The molecule has 1 aliphatic heterocycles. The normalized spacial score (nSPS) is 18.6. The van der Waals surface area contributed by atoms with E-state index in [9.17, 15) is 4.79 Å². The van der Waals surface area contributed by atoms with Gasteiger partial charge in [-0.3, -0.25) is 4.79 Å². The molecule has 19 heavy (non-hydrogen) atoms. The van der Waals surface area contributed by atoms with Crippen molar-refractivity contribution in [3.63, 3.8) is 0 Å². The first-order chi connectivity index (χ1) is 8.99. The van der Waals surface area contributed by atoms with Gasteiger partial charge >= 0.3 is 0 Å². The topological polar surface area (TPSA) is 26.3 Å². The summed E-state index contributed by atoms with van der Waals surface area (Å²) >= 11 is 0. The van der Waals surface area contributed by atoms with Gasteiger partial charge in [-0.2, -0.15) is 0 Å². The highest BCUT2D eigenvalue weighted by Crippen LogP contribution is 2.28. The number of hydrogen-bond acceptors (Lipinski definition) is 2. The van der Waals surface area contributed by atoms with E-state index in [-0.39, 0.29) is 5.78 Å². The van der Waals surface area contributed by atoms with Gasteiger partial charge in [0.15, 0.2) is 5.60 Å². The number of rotatable bonds is 3. The zero-order valence-corrected chi connectivity index (χ0v) is 11.5. The molecule has 0 unspecified atom stereocenters. The van der Waals surface area contributed by atoms with Crippen molar-refractivity contribution in [1.29, 1.82) is 0 Å². The number of carbonyl (C=O) groups is 1. The van der Waals surface area contributed by atoms with Crippen LogP contribution in [0.4, 0.5) is 0 Å². The van der Waals surface area contributed by atoms with Crippen molar-refractivity contribution in [2.45, 2.75) is 26.4 Å². The number of ketones is 1. The fraction of sp³-hybridized carbons (Fsp3) is 0.235. The zero-order valence-electron chi connectivity index (χ0n) is 11.5. The molecule has 0 N–H and O–H groups in total. The number of benzene rings is 1. The standard InChI is InChI=1S/C17H18O2/c1-13(15-12-16(18)17(2,3)19-15)8-7-11-14-9-5-4-6-10-14/h4-12H,1-3H3/b11-7+,13-8+. The Kier molecular flexibility index (Phi) is 3.70. The van der Waals surface area contributed by atoms with Crippen molar-refractivity contribution in [1.82, 2.24) is 0 Å². The van der Waals surface area contributed by atoms with Gasteiger partial charge in [-0.1, -0.05) is 48.6 Å². The second-order valence-electron chi connectivity index (χ2n) is 5.10. The maximum Gasteiger partial charge on any atom is 0.202 e. The largest absolute Gasteiger partial charge is 0.479 e. The minimum Gasteiger partial charge on any atom is -0.479 e. The average molecular weight is 254 g/mol. The average Bonchev–Trinajstić information content (AvgIpc) is 2.65. The molecule has 1 aliphatic rings. The lowest BCUT2D eigenvalue weighted by Crippen LogP contribution is -2.27. The van der Waals surface area contributed by atoms with Crippen LogP contribution in [0.3, 0.4) is 0 Å². The fourth-order valence-electron chi connectivity index (χ4n) is 1.79. The number of carbonyl (C=O) groups excluding carboxylic acids is 1. The van der Waals surface area contributed by atoms with Gasteiger partial charge in [-0.25, -0.2) is 0 Å². The van der Waals surface area contributed by atoms with Crippen molar-refractivity contribution in [2.75, 3.05) is 0 Å². The Morgan fingerprint density at radius 3 is 2.47 bits per heavy atom. The Bertz CT molecular complexity index is 560. The lowest BCUT2D eigenvalue weighted by molar-refractivity contribution is -0.126. The van der Waals surface area contributed by atoms with Crippen molar-refractivity contribution in [3.05, 3.63) is 65.5 Å². The predicted octanol–water partition coefficient (Wildman–Crippen LogP) is 3.91. The maximum atomic E-state index is 11.7. The Morgan fingerprint density at radius 2 is 1.89 bits per heavy atom. The van der Waals surface area contributed by atoms with E-state index in [1.54, 1.807) is 19.9 Å². The van der Waals surface area contributed by atoms with Crippen LogP contribution in [0.1, 0.15) is 26.3 Å². The molecule has 98 valence electrons. The van der Waals surface area contributed by atoms with Crippen molar-refractivity contribution < 1.29 is 9.53 Å². The zero-order chi connectivity index (χ0) is 13.9. The molecular formula is C17H18O2. The third-order valence-electron chi connectivity index (χ3n) is 3.04. The van der Waals surface area contributed by atoms with Crippen LogP contribution in [-0.4, -0.2) is 11.4 Å². The predicted molar refractivity (Wildman–Crippen MR) is 77.5 cm³/mol. The molecule has 0 spiro atoms. The SMILES string of the molecule is C/C(=C\C=C\c1ccccc1)C1=CC(=O)C(C)(C)O1. The summed E-state index contributed by atoms with van der Waals surface area (Å²) in [5, 5.41) is 0. The minimum absolute atomic E-state index is 0.0160. The summed E-state index contributed by atoms with van der Waals surface area (Å²) in [6.07, 6.45) is 7.51. The van der Waals surface area contributed by atoms with Gasteiger partial charge in [0.05, 0.1) is 0 Å². The summed E-state index contributed by atoms with van der Waals surface area (Å²) in [7, 11) is 0. The second-order valence-corrected chi connectivity index (χ2v) is 5.10. The molecule has 2 rings (SSSR count). The third-order valence-corrected chi connectivity index (χ3v) is 3.04. The molecule has 0 aromatic heterocycles. The van der Waals surface area contributed by atoms with E-state index in [1.807, 2.05) is 55.5 Å². The maximum absolute atomic E-state index is 11.7. The van der Waals surface area contributed by atoms with Gasteiger partial charge < -0.3 is 4.74 Å². The number of hydrogen-bond donors (Lipinski definition) is 0. The molecule has 1 aromatic rings. The van der Waals surface area contributed by atoms with Crippen LogP contribution in [0.15, 0.2) is 59.9 Å². The van der Waals surface area contributed by atoms with Crippen LogP contribution in [0, 0.1) is 0 Å². The quantitative estimate of drug-likeness (QED) is 0.764. The van der Waals surface area contributed by atoms with Gasteiger partial charge in [0.2, 0.25) is 5.78 Å². The molecule has 2 heteroatoms. The van der Waals surface area contributed by atoms with Crippen LogP contribution < -0.4 is 0 Å². The van der Waals surface area contributed by atoms with Gasteiger partial charge in [0.1, 0.15) is 5.76 Å². The molecule has 0 fully saturated rings. The van der Waals surface area contributed by atoms with Crippen LogP contribution in [0.25, 0.3) is 6.08 Å². The first-order valence-corrected chi connectivity index (χ1v) is 6.34. The fourth-order valence-corrected chi connectivity index (χ4v) is 1.79. The molecule has 0 bridgehead atoms. The molecule has 0 amide bonds. The highest BCUT2D eigenvalue weighted by molar-refractivity contribution is 5.99. The monoisotopic (exact) mass is 254 g/mol. The molecule has 0 atom stereocenters. The van der Waals surface area contributed by atoms with E-state index < -0.39 is 5.60 Å². The van der Waals surface area contributed by atoms with Gasteiger partial charge in [0, 0.05) is 6.08 Å². The summed E-state index contributed by atoms with van der Waals surface area (Å²) in [6, 6.07) is 10.1. The van der Waals surface area contributed by atoms with Crippen molar-refractivity contribution >= 4 is 11.9 Å².